The number of benzene rings is 2. The number of hydrogen-bond donors (Lipinski definition) is 0. The van der Waals surface area contributed by atoms with E-state index in [-0.39, 0.29) is 23.4 Å². The van der Waals surface area contributed by atoms with Crippen LogP contribution in [0.1, 0.15) is 22.8 Å². The minimum absolute atomic E-state index is 0.199. The molecule has 7 nitrogen and oxygen atoms in total. The Bertz CT molecular complexity index is 826. The Hall–Kier alpha value is -2.45. The van der Waals surface area contributed by atoms with Crippen molar-refractivity contribution in [3.8, 4) is 0 Å². The second kappa shape index (κ2) is 8.09. The molecule has 130 valence electrons. The van der Waals surface area contributed by atoms with Crippen LogP contribution in [0.5, 0.6) is 0 Å². The zero-order chi connectivity index (χ0) is 18.6. The fraction of sp³-hybridized carbons (Fsp3) is 0.125. The molecule has 0 aliphatic rings. The molecular formula is C16H12BrClN2O5. The number of amides is 1. The van der Waals surface area contributed by atoms with Crippen molar-refractivity contribution in [2.45, 2.75) is 13.5 Å². The number of rotatable bonds is 4. The number of nitro groups is 1. The lowest BCUT2D eigenvalue weighted by Crippen LogP contribution is -2.32. The molecule has 0 radical (unpaired) electrons. The van der Waals surface area contributed by atoms with E-state index in [4.69, 9.17) is 16.4 Å². The fourth-order valence-electron chi connectivity index (χ4n) is 2.03. The molecule has 9 heteroatoms. The lowest BCUT2D eigenvalue weighted by Gasteiger charge is -2.20. The van der Waals surface area contributed by atoms with Crippen LogP contribution in [-0.2, 0) is 16.2 Å². The molecule has 2 aromatic rings. The van der Waals surface area contributed by atoms with Gasteiger partial charge in [0.2, 0.25) is 0 Å². The first-order valence-corrected chi connectivity index (χ1v) is 8.14. The summed E-state index contributed by atoms with van der Waals surface area (Å²) in [6.45, 7) is 0.864. The van der Waals surface area contributed by atoms with E-state index in [1.54, 1.807) is 6.07 Å². The van der Waals surface area contributed by atoms with Crippen LogP contribution in [-0.4, -0.2) is 21.9 Å². The number of hydrogen-bond acceptors (Lipinski definition) is 5. The molecule has 0 saturated heterocycles. The quantitative estimate of drug-likeness (QED) is 0.540. The predicted molar refractivity (Wildman–Crippen MR) is 93.9 cm³/mol. The van der Waals surface area contributed by atoms with Gasteiger partial charge in [-0.25, -0.2) is 0 Å². The molecule has 0 N–H and O–H groups in total. The van der Waals surface area contributed by atoms with Gasteiger partial charge in [-0.2, -0.15) is 5.06 Å². The normalized spacial score (nSPS) is 10.2. The Labute approximate surface area is 156 Å². The smallest absolute Gasteiger partial charge is 0.329 e. The average Bonchev–Trinajstić information content (AvgIpc) is 2.55. The van der Waals surface area contributed by atoms with Crippen LogP contribution in [0.4, 0.5) is 5.69 Å². The molecule has 0 aromatic heterocycles. The van der Waals surface area contributed by atoms with Crippen LogP contribution >= 0.6 is 27.5 Å². The van der Waals surface area contributed by atoms with Crippen LogP contribution in [0, 0.1) is 10.1 Å². The molecule has 0 atom stereocenters. The van der Waals surface area contributed by atoms with Crippen molar-refractivity contribution in [3.63, 3.8) is 0 Å². The molecular weight excluding hydrogens is 416 g/mol. The third-order valence-electron chi connectivity index (χ3n) is 3.11. The highest BCUT2D eigenvalue weighted by Gasteiger charge is 2.24. The van der Waals surface area contributed by atoms with Gasteiger partial charge in [-0.1, -0.05) is 27.5 Å². The summed E-state index contributed by atoms with van der Waals surface area (Å²) in [5, 5.41) is 12.4. The third-order valence-corrected chi connectivity index (χ3v) is 3.86. The van der Waals surface area contributed by atoms with Gasteiger partial charge in [0.1, 0.15) is 0 Å². The van der Waals surface area contributed by atoms with Gasteiger partial charge in [0.05, 0.1) is 17.0 Å². The SMILES string of the molecule is CC(=O)ON(Cc1ccc(Br)cc1[N+](=O)[O-])C(=O)c1ccc(Cl)cc1. The number of halogens is 2. The number of carbonyl (C=O) groups is 2. The van der Waals surface area contributed by atoms with Crippen LogP contribution in [0.25, 0.3) is 0 Å². The van der Waals surface area contributed by atoms with E-state index >= 15 is 0 Å². The van der Waals surface area contributed by atoms with Crippen molar-refractivity contribution in [2.75, 3.05) is 0 Å². The summed E-state index contributed by atoms with van der Waals surface area (Å²) >= 11 is 8.95. The van der Waals surface area contributed by atoms with Crippen LogP contribution in [0.15, 0.2) is 46.9 Å². The standard InChI is InChI=1S/C16H12BrClN2O5/c1-10(21)25-19(16(22)11-3-6-14(18)7-4-11)9-12-2-5-13(17)8-15(12)20(23)24/h2-8H,9H2,1H3. The third kappa shape index (κ3) is 5.01. The van der Waals surface area contributed by atoms with E-state index in [1.807, 2.05) is 0 Å². The largest absolute Gasteiger partial charge is 0.338 e. The van der Waals surface area contributed by atoms with Crippen molar-refractivity contribution in [2.24, 2.45) is 0 Å². The van der Waals surface area contributed by atoms with Crippen molar-refractivity contribution >= 4 is 45.1 Å². The van der Waals surface area contributed by atoms with E-state index in [0.717, 1.165) is 12.0 Å². The zero-order valence-corrected chi connectivity index (χ0v) is 15.3. The van der Waals surface area contributed by atoms with Crippen molar-refractivity contribution in [1.82, 2.24) is 5.06 Å². The molecule has 0 bridgehead atoms. The van der Waals surface area contributed by atoms with E-state index in [9.17, 15) is 19.7 Å². The minimum atomic E-state index is -0.720. The van der Waals surface area contributed by atoms with Gasteiger partial charge in [0.15, 0.2) is 0 Å². The molecule has 1 amide bonds. The van der Waals surface area contributed by atoms with Gasteiger partial charge in [-0.3, -0.25) is 19.7 Å². The maximum absolute atomic E-state index is 12.6. The lowest BCUT2D eigenvalue weighted by molar-refractivity contribution is -0.386. The highest BCUT2D eigenvalue weighted by atomic mass is 79.9. The maximum atomic E-state index is 12.6. The van der Waals surface area contributed by atoms with Gasteiger partial charge in [-0.15, -0.1) is 0 Å². The predicted octanol–water partition coefficient (Wildman–Crippen LogP) is 4.13. The maximum Gasteiger partial charge on any atom is 0.329 e. The van der Waals surface area contributed by atoms with Crippen molar-refractivity contribution in [1.29, 1.82) is 0 Å². The summed E-state index contributed by atoms with van der Waals surface area (Å²) < 4.78 is 0.519. The summed E-state index contributed by atoms with van der Waals surface area (Å²) in [6, 6.07) is 10.4. The lowest BCUT2D eigenvalue weighted by atomic mass is 10.1. The summed E-state index contributed by atoms with van der Waals surface area (Å²) in [7, 11) is 0. The Morgan fingerprint density at radius 2 is 1.88 bits per heavy atom. The first-order chi connectivity index (χ1) is 11.8. The first-order valence-electron chi connectivity index (χ1n) is 6.96. The average molecular weight is 428 g/mol. The number of nitrogens with zero attached hydrogens (tertiary/aromatic N) is 2. The highest BCUT2D eigenvalue weighted by molar-refractivity contribution is 9.10. The second-order valence-corrected chi connectivity index (χ2v) is 6.31. The molecule has 0 spiro atoms. The summed E-state index contributed by atoms with van der Waals surface area (Å²) in [5.41, 5.74) is 0.248. The number of carbonyl (C=O) groups excluding carboxylic acids is 2. The van der Waals surface area contributed by atoms with Gasteiger partial charge in [-0.05, 0) is 36.4 Å². The van der Waals surface area contributed by atoms with Crippen LogP contribution in [0.3, 0.4) is 0 Å². The molecule has 0 unspecified atom stereocenters. The van der Waals surface area contributed by atoms with Crippen molar-refractivity contribution in [3.05, 3.63) is 73.2 Å². The number of hydroxylamine groups is 2. The van der Waals surface area contributed by atoms with E-state index in [2.05, 4.69) is 15.9 Å². The van der Waals surface area contributed by atoms with Gasteiger partial charge in [0.25, 0.3) is 11.6 Å². The second-order valence-electron chi connectivity index (χ2n) is 4.96. The van der Waals surface area contributed by atoms with Gasteiger partial charge < -0.3 is 4.84 Å². The first kappa shape index (κ1) is 18.9. The number of nitro benzene ring substituents is 1. The Morgan fingerprint density at radius 3 is 2.44 bits per heavy atom. The van der Waals surface area contributed by atoms with Gasteiger partial charge in [0, 0.05) is 28.0 Å². The Morgan fingerprint density at radius 1 is 1.24 bits per heavy atom. The topological polar surface area (TPSA) is 89.8 Å². The van der Waals surface area contributed by atoms with Crippen LogP contribution in [0.2, 0.25) is 5.02 Å². The van der Waals surface area contributed by atoms with E-state index in [1.165, 1.54) is 36.4 Å². The molecule has 0 fully saturated rings. The molecule has 0 saturated carbocycles. The zero-order valence-electron chi connectivity index (χ0n) is 12.9. The van der Waals surface area contributed by atoms with E-state index < -0.39 is 16.8 Å². The van der Waals surface area contributed by atoms with Crippen LogP contribution < -0.4 is 0 Å². The summed E-state index contributed by atoms with van der Waals surface area (Å²) in [4.78, 5) is 39.5. The minimum Gasteiger partial charge on any atom is -0.338 e. The fourth-order valence-corrected chi connectivity index (χ4v) is 2.51. The Balaban J connectivity index is 2.35. The summed E-state index contributed by atoms with van der Waals surface area (Å²) in [6.07, 6.45) is 0. The molecule has 2 aromatic carbocycles. The summed E-state index contributed by atoms with van der Waals surface area (Å²) in [5.74, 6) is -1.34. The monoisotopic (exact) mass is 426 g/mol. The highest BCUT2D eigenvalue weighted by Crippen LogP contribution is 2.25. The molecule has 2 rings (SSSR count). The molecule has 25 heavy (non-hydrogen) atoms. The van der Waals surface area contributed by atoms with E-state index in [0.29, 0.717) is 9.50 Å². The molecule has 0 aliphatic heterocycles. The van der Waals surface area contributed by atoms with Gasteiger partial charge >= 0.3 is 5.97 Å². The molecule has 0 heterocycles. The molecule has 0 aliphatic carbocycles. The van der Waals surface area contributed by atoms with Crippen molar-refractivity contribution < 1.29 is 19.3 Å². The Kier molecular flexibility index (Phi) is 6.11.